The molecule has 1 heterocycles. The maximum Gasteiger partial charge on any atom is 0.241 e. The average Bonchev–Trinajstić information content (AvgIpc) is 2.83. The molecule has 0 spiro atoms. The fraction of sp³-hybridized carbons (Fsp3) is 0.357. The van der Waals surface area contributed by atoms with E-state index in [0.29, 0.717) is 6.54 Å². The lowest BCUT2D eigenvalue weighted by Gasteiger charge is -2.25. The van der Waals surface area contributed by atoms with Gasteiger partial charge in [-0.05, 0) is 5.56 Å². The second kappa shape index (κ2) is 5.73. The monoisotopic (exact) mass is 273 g/mol. The number of rotatable bonds is 5. The number of aromatic nitrogens is 3. The Hall–Kier alpha value is -2.37. The van der Waals surface area contributed by atoms with E-state index in [1.165, 1.54) is 16.6 Å². The van der Waals surface area contributed by atoms with Crippen molar-refractivity contribution >= 4 is 11.9 Å². The Morgan fingerprint density at radius 2 is 2.05 bits per heavy atom. The van der Waals surface area contributed by atoms with Crippen molar-refractivity contribution in [2.75, 3.05) is 12.3 Å². The normalized spacial score (nSPS) is 11.3. The molecule has 20 heavy (non-hydrogen) atoms. The summed E-state index contributed by atoms with van der Waals surface area (Å²) >= 11 is 0. The number of anilines is 1. The Kier molecular flexibility index (Phi) is 4.02. The predicted octanol–water partition coefficient (Wildman–Crippen LogP) is 0.954. The van der Waals surface area contributed by atoms with E-state index in [4.69, 9.17) is 5.73 Å². The highest BCUT2D eigenvalue weighted by Gasteiger charge is 2.21. The second-order valence-corrected chi connectivity index (χ2v) is 5.33. The van der Waals surface area contributed by atoms with Crippen LogP contribution < -0.4 is 11.1 Å². The number of hydrogen-bond donors (Lipinski definition) is 2. The van der Waals surface area contributed by atoms with E-state index in [0.717, 1.165) is 0 Å². The topological polar surface area (TPSA) is 85.8 Å². The number of nitrogens with zero attached hydrogens (tertiary/aromatic N) is 3. The summed E-state index contributed by atoms with van der Waals surface area (Å²) in [6.45, 7) is 4.86. The van der Waals surface area contributed by atoms with Gasteiger partial charge in [-0.25, -0.2) is 9.67 Å². The lowest BCUT2D eigenvalue weighted by molar-refractivity contribution is -0.122. The van der Waals surface area contributed by atoms with Gasteiger partial charge in [0, 0.05) is 12.0 Å². The molecule has 1 aromatic carbocycles. The number of nitrogens with two attached hydrogens (primary N) is 1. The number of nitrogen functional groups attached to an aromatic ring is 1. The Labute approximate surface area is 118 Å². The van der Waals surface area contributed by atoms with Crippen LogP contribution in [0.1, 0.15) is 19.4 Å². The van der Waals surface area contributed by atoms with Crippen molar-refractivity contribution in [1.29, 1.82) is 0 Å². The van der Waals surface area contributed by atoms with Gasteiger partial charge >= 0.3 is 0 Å². The van der Waals surface area contributed by atoms with Crippen molar-refractivity contribution in [2.45, 2.75) is 25.8 Å². The number of carbonyl (C=O) groups is 1. The minimum atomic E-state index is -0.127. The fourth-order valence-corrected chi connectivity index (χ4v) is 1.90. The van der Waals surface area contributed by atoms with Gasteiger partial charge in [-0.1, -0.05) is 44.2 Å². The molecule has 3 N–H and O–H groups in total. The third-order valence-electron chi connectivity index (χ3n) is 3.14. The third kappa shape index (κ3) is 3.57. The Morgan fingerprint density at radius 3 is 2.65 bits per heavy atom. The molecular formula is C14H19N5O. The standard InChI is InChI=1S/C14H19N5O/c1-14(2,11-6-4-3-5-7-11)9-16-12(20)8-19-10-17-13(15)18-19/h3-7,10H,8-9H2,1-2H3,(H2,15,18)(H,16,20). The summed E-state index contributed by atoms with van der Waals surface area (Å²) in [5.74, 6) is 0.0568. The quantitative estimate of drug-likeness (QED) is 0.849. The summed E-state index contributed by atoms with van der Waals surface area (Å²) < 4.78 is 1.42. The largest absolute Gasteiger partial charge is 0.367 e. The van der Waals surface area contributed by atoms with Crippen LogP contribution in [0.4, 0.5) is 5.95 Å². The van der Waals surface area contributed by atoms with Crippen LogP contribution in [-0.4, -0.2) is 27.2 Å². The van der Waals surface area contributed by atoms with E-state index in [2.05, 4.69) is 41.4 Å². The van der Waals surface area contributed by atoms with Crippen LogP contribution in [0.15, 0.2) is 36.7 Å². The van der Waals surface area contributed by atoms with E-state index in [1.807, 2.05) is 18.2 Å². The molecule has 1 aromatic heterocycles. The summed E-state index contributed by atoms with van der Waals surface area (Å²) in [5, 5.41) is 6.79. The molecule has 0 saturated carbocycles. The van der Waals surface area contributed by atoms with Crippen molar-refractivity contribution in [3.63, 3.8) is 0 Å². The molecular weight excluding hydrogens is 254 g/mol. The van der Waals surface area contributed by atoms with Gasteiger partial charge in [0.25, 0.3) is 0 Å². The molecule has 2 rings (SSSR count). The summed E-state index contributed by atoms with van der Waals surface area (Å²) in [7, 11) is 0. The highest BCUT2D eigenvalue weighted by molar-refractivity contribution is 5.75. The first kappa shape index (κ1) is 14.0. The Bertz CT molecular complexity index is 576. The zero-order valence-electron chi connectivity index (χ0n) is 11.7. The van der Waals surface area contributed by atoms with Gasteiger partial charge in [-0.3, -0.25) is 4.79 Å². The highest BCUT2D eigenvalue weighted by atomic mass is 16.2. The lowest BCUT2D eigenvalue weighted by Crippen LogP contribution is -2.38. The van der Waals surface area contributed by atoms with Gasteiger partial charge in [-0.2, -0.15) is 0 Å². The molecule has 0 saturated heterocycles. The van der Waals surface area contributed by atoms with Gasteiger partial charge in [-0.15, -0.1) is 5.10 Å². The zero-order chi connectivity index (χ0) is 14.6. The maximum absolute atomic E-state index is 11.9. The van der Waals surface area contributed by atoms with Crippen LogP contribution in [0, 0.1) is 0 Å². The van der Waals surface area contributed by atoms with Crippen LogP contribution in [-0.2, 0) is 16.8 Å². The van der Waals surface area contributed by atoms with Crippen molar-refractivity contribution in [1.82, 2.24) is 20.1 Å². The first-order chi connectivity index (χ1) is 9.47. The molecule has 0 atom stereocenters. The third-order valence-corrected chi connectivity index (χ3v) is 3.14. The fourth-order valence-electron chi connectivity index (χ4n) is 1.90. The molecule has 0 aliphatic rings. The highest BCUT2D eigenvalue weighted by Crippen LogP contribution is 2.21. The minimum absolute atomic E-state index is 0.112. The molecule has 6 heteroatoms. The summed E-state index contributed by atoms with van der Waals surface area (Å²) in [4.78, 5) is 15.6. The summed E-state index contributed by atoms with van der Waals surface area (Å²) in [6.07, 6.45) is 1.44. The molecule has 6 nitrogen and oxygen atoms in total. The lowest BCUT2D eigenvalue weighted by atomic mass is 9.84. The zero-order valence-corrected chi connectivity index (χ0v) is 11.7. The molecule has 2 aromatic rings. The molecule has 0 radical (unpaired) electrons. The Balaban J connectivity index is 1.89. The van der Waals surface area contributed by atoms with E-state index < -0.39 is 0 Å². The molecule has 0 fully saturated rings. The number of hydrogen-bond acceptors (Lipinski definition) is 4. The summed E-state index contributed by atoms with van der Waals surface area (Å²) in [5.41, 5.74) is 6.46. The van der Waals surface area contributed by atoms with Crippen LogP contribution in [0.2, 0.25) is 0 Å². The van der Waals surface area contributed by atoms with Crippen LogP contribution >= 0.6 is 0 Å². The number of carbonyl (C=O) groups excluding carboxylic acids is 1. The SMILES string of the molecule is CC(C)(CNC(=O)Cn1cnc(N)n1)c1ccccc1. The van der Waals surface area contributed by atoms with Crippen molar-refractivity contribution < 1.29 is 4.79 Å². The van der Waals surface area contributed by atoms with E-state index in [1.54, 1.807) is 0 Å². The van der Waals surface area contributed by atoms with Crippen LogP contribution in [0.3, 0.4) is 0 Å². The van der Waals surface area contributed by atoms with Crippen molar-refractivity contribution in [2.24, 2.45) is 0 Å². The maximum atomic E-state index is 11.9. The van der Waals surface area contributed by atoms with Crippen LogP contribution in [0.5, 0.6) is 0 Å². The van der Waals surface area contributed by atoms with E-state index >= 15 is 0 Å². The molecule has 0 unspecified atom stereocenters. The first-order valence-electron chi connectivity index (χ1n) is 6.44. The number of benzene rings is 1. The smallest absolute Gasteiger partial charge is 0.241 e. The molecule has 0 aliphatic heterocycles. The summed E-state index contributed by atoms with van der Waals surface area (Å²) in [6, 6.07) is 10.1. The predicted molar refractivity (Wildman–Crippen MR) is 76.9 cm³/mol. The number of nitrogens with one attached hydrogen (secondary N) is 1. The van der Waals surface area contributed by atoms with E-state index in [9.17, 15) is 4.79 Å². The van der Waals surface area contributed by atoms with Crippen LogP contribution in [0.25, 0.3) is 0 Å². The van der Waals surface area contributed by atoms with Gasteiger partial charge in [0.1, 0.15) is 12.9 Å². The van der Waals surface area contributed by atoms with Crippen molar-refractivity contribution in [3.8, 4) is 0 Å². The van der Waals surface area contributed by atoms with E-state index in [-0.39, 0.29) is 23.8 Å². The Morgan fingerprint density at radius 1 is 1.35 bits per heavy atom. The molecule has 106 valence electrons. The molecule has 1 amide bonds. The van der Waals surface area contributed by atoms with Crippen molar-refractivity contribution in [3.05, 3.63) is 42.2 Å². The second-order valence-electron chi connectivity index (χ2n) is 5.33. The van der Waals surface area contributed by atoms with Gasteiger partial charge in [0.05, 0.1) is 0 Å². The van der Waals surface area contributed by atoms with Gasteiger partial charge in [0.15, 0.2) is 0 Å². The van der Waals surface area contributed by atoms with Gasteiger partial charge < -0.3 is 11.1 Å². The number of amides is 1. The minimum Gasteiger partial charge on any atom is -0.367 e. The first-order valence-corrected chi connectivity index (χ1v) is 6.44. The molecule has 0 aliphatic carbocycles. The average molecular weight is 273 g/mol. The molecule has 0 bridgehead atoms. The van der Waals surface area contributed by atoms with Gasteiger partial charge in [0.2, 0.25) is 11.9 Å².